The van der Waals surface area contributed by atoms with Crippen LogP contribution in [0.15, 0.2) is 70.6 Å². The topological polar surface area (TPSA) is 165 Å². The van der Waals surface area contributed by atoms with E-state index in [1.165, 1.54) is 23.0 Å². The van der Waals surface area contributed by atoms with Crippen molar-refractivity contribution in [1.29, 1.82) is 0 Å². The van der Waals surface area contributed by atoms with Crippen LogP contribution in [-0.2, 0) is 19.0 Å². The Morgan fingerprint density at radius 1 is 1.22 bits per heavy atom. The lowest BCUT2D eigenvalue weighted by Gasteiger charge is -2.16. The number of carbonyl (C=O) groups is 1. The molecule has 1 aliphatic rings. The van der Waals surface area contributed by atoms with Gasteiger partial charge in [-0.15, -0.1) is 0 Å². The fourth-order valence-corrected chi connectivity index (χ4v) is 4.85. The molecule has 5 rings (SSSR count). The monoisotopic (exact) mass is 525 g/mol. The number of fused-ring (bicyclic) bond motifs is 1. The number of aliphatic hydroxyl groups excluding tert-OH is 1. The molecule has 0 radical (unpaired) electrons. The number of aliphatic hydroxyl groups is 1. The van der Waals surface area contributed by atoms with Gasteiger partial charge in [-0.1, -0.05) is 35.9 Å². The van der Waals surface area contributed by atoms with E-state index < -0.39 is 46.6 Å². The fourth-order valence-electron chi connectivity index (χ4n) is 3.93. The standard InChI is InChI=1S/C24H23N5O7S/c1-14-7-9-16(10-8-14)37(33,34)35-12-18-17(30)11-19(36-18)29-13-25-20-21(29)26-24(28-23(20)32)27-22(31)15-5-3-2-4-6-15/h2-10,13,17-19,30H,11-12H2,1H3,(H2,26,27,28,31,32)/t17-,18+,19+/m0/s1. The molecule has 3 N–H and O–H groups in total. The number of hydrogen-bond donors (Lipinski definition) is 3. The molecule has 4 aromatic rings. The molecule has 1 saturated heterocycles. The number of imidazole rings is 1. The highest BCUT2D eigenvalue weighted by Crippen LogP contribution is 2.31. The van der Waals surface area contributed by atoms with Gasteiger partial charge in [0.2, 0.25) is 5.95 Å². The van der Waals surface area contributed by atoms with Crippen LogP contribution in [0.2, 0.25) is 0 Å². The Balaban J connectivity index is 1.32. The van der Waals surface area contributed by atoms with Gasteiger partial charge in [-0.25, -0.2) is 4.98 Å². The molecule has 2 aromatic carbocycles. The first-order valence-electron chi connectivity index (χ1n) is 11.3. The number of benzene rings is 2. The largest absolute Gasteiger partial charge is 0.390 e. The lowest BCUT2D eigenvalue weighted by Crippen LogP contribution is -2.28. The summed E-state index contributed by atoms with van der Waals surface area (Å²) in [7, 11) is -4.05. The van der Waals surface area contributed by atoms with Crippen LogP contribution in [-0.4, -0.2) is 57.8 Å². The number of aromatic nitrogens is 4. The van der Waals surface area contributed by atoms with Crippen LogP contribution in [0, 0.1) is 6.92 Å². The molecule has 1 amide bonds. The molecular formula is C24H23N5O7S. The second-order valence-corrected chi connectivity index (χ2v) is 10.2. The van der Waals surface area contributed by atoms with Gasteiger partial charge < -0.3 is 9.84 Å². The number of aryl methyl sites for hydroxylation is 1. The van der Waals surface area contributed by atoms with Crippen LogP contribution >= 0.6 is 0 Å². The van der Waals surface area contributed by atoms with Crippen LogP contribution in [0.25, 0.3) is 11.2 Å². The first-order chi connectivity index (χ1) is 17.7. The highest BCUT2D eigenvalue weighted by molar-refractivity contribution is 7.86. The molecule has 13 heteroatoms. The Bertz CT molecular complexity index is 1600. The molecule has 0 saturated carbocycles. The number of hydrogen-bond acceptors (Lipinski definition) is 9. The van der Waals surface area contributed by atoms with Crippen molar-refractivity contribution < 1.29 is 27.2 Å². The van der Waals surface area contributed by atoms with Gasteiger partial charge in [0, 0.05) is 12.0 Å². The first kappa shape index (κ1) is 24.8. The third kappa shape index (κ3) is 5.15. The van der Waals surface area contributed by atoms with Crippen LogP contribution in [0.5, 0.6) is 0 Å². The summed E-state index contributed by atoms with van der Waals surface area (Å²) in [6.45, 7) is 1.43. The summed E-state index contributed by atoms with van der Waals surface area (Å²) in [5.41, 5.74) is 0.842. The zero-order valence-electron chi connectivity index (χ0n) is 19.6. The summed E-state index contributed by atoms with van der Waals surface area (Å²) in [5.74, 6) is -0.551. The van der Waals surface area contributed by atoms with Crippen molar-refractivity contribution >= 4 is 33.1 Å². The lowest BCUT2D eigenvalue weighted by atomic mass is 10.2. The summed E-state index contributed by atoms with van der Waals surface area (Å²) in [4.78, 5) is 35.9. The number of amides is 1. The molecule has 1 fully saturated rings. The lowest BCUT2D eigenvalue weighted by molar-refractivity contribution is -0.0371. The van der Waals surface area contributed by atoms with Gasteiger partial charge in [0.05, 0.1) is 23.9 Å². The molecule has 37 heavy (non-hydrogen) atoms. The molecular weight excluding hydrogens is 502 g/mol. The van der Waals surface area contributed by atoms with Crippen molar-refractivity contribution in [3.8, 4) is 0 Å². The Kier molecular flexibility index (Phi) is 6.60. The van der Waals surface area contributed by atoms with Crippen molar-refractivity contribution in [1.82, 2.24) is 19.5 Å². The van der Waals surface area contributed by atoms with Gasteiger partial charge in [0.15, 0.2) is 11.2 Å². The van der Waals surface area contributed by atoms with Crippen LogP contribution in [0.4, 0.5) is 5.95 Å². The maximum atomic E-state index is 12.5. The number of nitrogens with one attached hydrogen (secondary N) is 2. The number of nitrogens with zero attached hydrogens (tertiary/aromatic N) is 3. The van der Waals surface area contributed by atoms with Crippen molar-refractivity contribution in [2.24, 2.45) is 0 Å². The number of rotatable bonds is 7. The molecule has 0 spiro atoms. The minimum absolute atomic E-state index is 0.00348. The van der Waals surface area contributed by atoms with Crippen LogP contribution in [0.3, 0.4) is 0 Å². The average molecular weight is 526 g/mol. The number of aromatic amines is 1. The molecule has 12 nitrogen and oxygen atoms in total. The van der Waals surface area contributed by atoms with Gasteiger partial charge in [0.25, 0.3) is 21.6 Å². The van der Waals surface area contributed by atoms with E-state index in [1.54, 1.807) is 42.5 Å². The number of anilines is 1. The van der Waals surface area contributed by atoms with Gasteiger partial charge >= 0.3 is 0 Å². The highest BCUT2D eigenvalue weighted by atomic mass is 32.2. The number of ether oxygens (including phenoxy) is 1. The second-order valence-electron chi connectivity index (χ2n) is 8.54. The SMILES string of the molecule is Cc1ccc(S(=O)(=O)OC[C@H]2O[C@@H](n3cnc4c(=O)[nH]c(NC(=O)c5ccccc5)nc43)C[C@@H]2O)cc1. The Morgan fingerprint density at radius 3 is 2.68 bits per heavy atom. The maximum Gasteiger partial charge on any atom is 0.297 e. The van der Waals surface area contributed by atoms with Crippen LogP contribution < -0.4 is 10.9 Å². The molecule has 192 valence electrons. The predicted octanol–water partition coefficient (Wildman–Crippen LogP) is 1.73. The summed E-state index contributed by atoms with van der Waals surface area (Å²) in [5, 5.41) is 13.1. The minimum atomic E-state index is -4.05. The average Bonchev–Trinajstić information content (AvgIpc) is 3.47. The molecule has 1 aliphatic heterocycles. The second kappa shape index (κ2) is 9.86. The van der Waals surface area contributed by atoms with E-state index in [4.69, 9.17) is 8.92 Å². The van der Waals surface area contributed by atoms with E-state index in [1.807, 2.05) is 6.92 Å². The molecule has 3 atom stereocenters. The summed E-state index contributed by atoms with van der Waals surface area (Å²) >= 11 is 0. The van der Waals surface area contributed by atoms with Crippen molar-refractivity contribution in [3.63, 3.8) is 0 Å². The Morgan fingerprint density at radius 2 is 1.95 bits per heavy atom. The van der Waals surface area contributed by atoms with E-state index in [-0.39, 0.29) is 28.4 Å². The van der Waals surface area contributed by atoms with E-state index in [0.29, 0.717) is 5.56 Å². The molecule has 3 heterocycles. The minimum Gasteiger partial charge on any atom is -0.390 e. The van der Waals surface area contributed by atoms with Crippen molar-refractivity contribution in [2.75, 3.05) is 11.9 Å². The molecule has 0 bridgehead atoms. The maximum absolute atomic E-state index is 12.5. The normalized spacial score (nSPS) is 19.8. The Labute approximate surface area is 211 Å². The molecule has 0 unspecified atom stereocenters. The summed E-state index contributed by atoms with van der Waals surface area (Å²) in [6, 6.07) is 14.6. The number of H-pyrrole nitrogens is 1. The summed E-state index contributed by atoms with van der Waals surface area (Å²) in [6.07, 6.45) is -1.40. The number of carbonyl (C=O) groups excluding carboxylic acids is 1. The van der Waals surface area contributed by atoms with Gasteiger partial charge in [0.1, 0.15) is 12.3 Å². The highest BCUT2D eigenvalue weighted by Gasteiger charge is 2.37. The fraction of sp³-hybridized carbons (Fsp3) is 0.250. The van der Waals surface area contributed by atoms with E-state index in [2.05, 4.69) is 20.3 Å². The Hall–Kier alpha value is -3.91. The smallest absolute Gasteiger partial charge is 0.297 e. The zero-order valence-corrected chi connectivity index (χ0v) is 20.4. The third-order valence-electron chi connectivity index (χ3n) is 5.91. The van der Waals surface area contributed by atoms with Gasteiger partial charge in [-0.05, 0) is 31.2 Å². The third-order valence-corrected chi connectivity index (χ3v) is 7.21. The molecule has 0 aliphatic carbocycles. The summed E-state index contributed by atoms with van der Waals surface area (Å²) < 4.78 is 37.4. The van der Waals surface area contributed by atoms with Crippen LogP contribution in [0.1, 0.15) is 28.6 Å². The predicted molar refractivity (Wildman–Crippen MR) is 131 cm³/mol. The van der Waals surface area contributed by atoms with E-state index in [9.17, 15) is 23.1 Å². The first-order valence-corrected chi connectivity index (χ1v) is 12.7. The molecule has 2 aromatic heterocycles. The van der Waals surface area contributed by atoms with E-state index >= 15 is 0 Å². The van der Waals surface area contributed by atoms with Crippen molar-refractivity contribution in [3.05, 3.63) is 82.4 Å². The van der Waals surface area contributed by atoms with E-state index in [0.717, 1.165) is 5.56 Å². The van der Waals surface area contributed by atoms with Gasteiger partial charge in [-0.2, -0.15) is 13.4 Å². The zero-order chi connectivity index (χ0) is 26.2. The quantitative estimate of drug-likeness (QED) is 0.305. The van der Waals surface area contributed by atoms with Crippen molar-refractivity contribution in [2.45, 2.75) is 36.7 Å². The van der Waals surface area contributed by atoms with Gasteiger partial charge in [-0.3, -0.25) is 28.6 Å².